The highest BCUT2D eigenvalue weighted by Crippen LogP contribution is 2.20. The first-order chi connectivity index (χ1) is 8.75. The van der Waals surface area contributed by atoms with E-state index >= 15 is 0 Å². The molecule has 6 heteroatoms. The number of rotatable bonds is 6. The van der Waals surface area contributed by atoms with Crippen LogP contribution in [-0.2, 0) is 13.0 Å². The number of nitrogens with zero attached hydrogens (tertiary/aromatic N) is 2. The van der Waals surface area contributed by atoms with E-state index in [2.05, 4.69) is 36.4 Å². The van der Waals surface area contributed by atoms with Gasteiger partial charge in [-0.3, -0.25) is 5.10 Å². The van der Waals surface area contributed by atoms with Gasteiger partial charge in [0.15, 0.2) is 0 Å². The second kappa shape index (κ2) is 6.87. The van der Waals surface area contributed by atoms with E-state index in [4.69, 9.17) is 11.6 Å². The molecule has 18 heavy (non-hydrogen) atoms. The molecule has 0 fully saturated rings. The van der Waals surface area contributed by atoms with E-state index in [0.717, 1.165) is 46.8 Å². The maximum Gasteiger partial charge on any atom is 0.137 e. The second-order valence-corrected chi connectivity index (χ2v) is 5.27. The van der Waals surface area contributed by atoms with Crippen molar-refractivity contribution in [2.24, 2.45) is 0 Å². The molecule has 0 aliphatic carbocycles. The van der Waals surface area contributed by atoms with Gasteiger partial charge < -0.3 is 5.32 Å². The number of aromatic amines is 1. The Morgan fingerprint density at radius 2 is 2.28 bits per heavy atom. The Morgan fingerprint density at radius 1 is 1.39 bits per heavy atom. The molecule has 2 rings (SSSR count). The predicted molar refractivity (Wildman–Crippen MR) is 75.6 cm³/mol. The van der Waals surface area contributed by atoms with Crippen molar-refractivity contribution in [3.63, 3.8) is 0 Å². The summed E-state index contributed by atoms with van der Waals surface area (Å²) >= 11 is 9.55. The monoisotopic (exact) mass is 328 g/mol. The van der Waals surface area contributed by atoms with Gasteiger partial charge in [-0.15, -0.1) is 0 Å². The van der Waals surface area contributed by atoms with Crippen molar-refractivity contribution in [2.75, 3.05) is 6.54 Å². The van der Waals surface area contributed by atoms with Crippen LogP contribution in [0.3, 0.4) is 0 Å². The summed E-state index contributed by atoms with van der Waals surface area (Å²) in [4.78, 5) is 4.08. The zero-order valence-corrected chi connectivity index (χ0v) is 12.1. The quantitative estimate of drug-likeness (QED) is 0.801. The van der Waals surface area contributed by atoms with Gasteiger partial charge in [-0.25, -0.2) is 4.98 Å². The zero-order chi connectivity index (χ0) is 12.8. The fourth-order valence-corrected chi connectivity index (χ4v) is 2.23. The summed E-state index contributed by atoms with van der Waals surface area (Å²) in [7, 11) is 0. The molecule has 2 N–H and O–H groups in total. The molecular formula is C12H14BrClN4. The van der Waals surface area contributed by atoms with Crippen molar-refractivity contribution in [1.29, 1.82) is 0 Å². The molecule has 2 aromatic rings. The first-order valence-electron chi connectivity index (χ1n) is 5.74. The number of benzene rings is 1. The Bertz CT molecular complexity index is 487. The van der Waals surface area contributed by atoms with Crippen molar-refractivity contribution >= 4 is 27.5 Å². The molecule has 0 spiro atoms. The molecule has 0 amide bonds. The van der Waals surface area contributed by atoms with Gasteiger partial charge in [-0.2, -0.15) is 5.10 Å². The van der Waals surface area contributed by atoms with E-state index in [1.54, 1.807) is 0 Å². The molecule has 0 bridgehead atoms. The van der Waals surface area contributed by atoms with Crippen molar-refractivity contribution in [3.8, 4) is 0 Å². The van der Waals surface area contributed by atoms with Gasteiger partial charge in [0.2, 0.25) is 0 Å². The van der Waals surface area contributed by atoms with E-state index in [1.165, 1.54) is 6.33 Å². The Balaban J connectivity index is 1.70. The molecule has 0 aliphatic heterocycles. The molecule has 1 aromatic carbocycles. The van der Waals surface area contributed by atoms with Crippen molar-refractivity contribution in [3.05, 3.63) is 45.4 Å². The smallest absolute Gasteiger partial charge is 0.137 e. The number of aromatic nitrogens is 3. The summed E-state index contributed by atoms with van der Waals surface area (Å²) < 4.78 is 1.05. The van der Waals surface area contributed by atoms with Crippen LogP contribution in [0.15, 0.2) is 29.0 Å². The van der Waals surface area contributed by atoms with Crippen LogP contribution in [-0.4, -0.2) is 21.7 Å². The minimum Gasteiger partial charge on any atom is -0.313 e. The lowest BCUT2D eigenvalue weighted by Crippen LogP contribution is -2.15. The largest absolute Gasteiger partial charge is 0.313 e. The lowest BCUT2D eigenvalue weighted by molar-refractivity contribution is 0.639. The summed E-state index contributed by atoms with van der Waals surface area (Å²) in [6, 6.07) is 5.87. The molecular weight excluding hydrogens is 316 g/mol. The SMILES string of the molecule is Clc1ccc(Br)cc1CNCCCc1ncn[nH]1. The minimum absolute atomic E-state index is 0.772. The first-order valence-corrected chi connectivity index (χ1v) is 6.91. The minimum atomic E-state index is 0.772. The van der Waals surface area contributed by atoms with Gasteiger partial charge in [0, 0.05) is 22.5 Å². The number of hydrogen-bond donors (Lipinski definition) is 2. The number of H-pyrrole nitrogens is 1. The molecule has 0 saturated heterocycles. The van der Waals surface area contributed by atoms with E-state index < -0.39 is 0 Å². The zero-order valence-electron chi connectivity index (χ0n) is 9.79. The Hall–Kier alpha value is -0.910. The van der Waals surface area contributed by atoms with Crippen LogP contribution in [0.1, 0.15) is 17.8 Å². The lowest BCUT2D eigenvalue weighted by atomic mass is 10.2. The standard InChI is InChI=1S/C12H14BrClN4/c13-10-3-4-11(14)9(6-10)7-15-5-1-2-12-16-8-17-18-12/h3-4,6,8,15H,1-2,5,7H2,(H,16,17,18). The number of nitrogens with one attached hydrogen (secondary N) is 2. The third kappa shape index (κ3) is 4.08. The highest BCUT2D eigenvalue weighted by Gasteiger charge is 2.01. The van der Waals surface area contributed by atoms with Crippen LogP contribution < -0.4 is 5.32 Å². The summed E-state index contributed by atoms with van der Waals surface area (Å²) in [5.41, 5.74) is 1.10. The van der Waals surface area contributed by atoms with E-state index in [1.807, 2.05) is 18.2 Å². The fraction of sp³-hybridized carbons (Fsp3) is 0.333. The van der Waals surface area contributed by atoms with Gasteiger partial charge in [0.1, 0.15) is 12.2 Å². The number of hydrogen-bond acceptors (Lipinski definition) is 3. The summed E-state index contributed by atoms with van der Waals surface area (Å²) in [5.74, 6) is 0.928. The van der Waals surface area contributed by atoms with Crippen LogP contribution in [0.5, 0.6) is 0 Å². The van der Waals surface area contributed by atoms with Crippen LogP contribution in [0.2, 0.25) is 5.02 Å². The molecule has 1 heterocycles. The number of halogens is 2. The highest BCUT2D eigenvalue weighted by molar-refractivity contribution is 9.10. The van der Waals surface area contributed by atoms with Crippen LogP contribution in [0, 0.1) is 0 Å². The molecule has 4 nitrogen and oxygen atoms in total. The van der Waals surface area contributed by atoms with Crippen molar-refractivity contribution in [1.82, 2.24) is 20.5 Å². The summed E-state index contributed by atoms with van der Waals surface area (Å²) in [6.45, 7) is 1.69. The molecule has 0 radical (unpaired) electrons. The predicted octanol–water partition coefficient (Wildman–Crippen LogP) is 2.94. The Labute approximate surface area is 119 Å². The van der Waals surface area contributed by atoms with Crippen molar-refractivity contribution in [2.45, 2.75) is 19.4 Å². The van der Waals surface area contributed by atoms with E-state index in [9.17, 15) is 0 Å². The molecule has 0 atom stereocenters. The van der Waals surface area contributed by atoms with Crippen LogP contribution in [0.25, 0.3) is 0 Å². The van der Waals surface area contributed by atoms with Gasteiger partial charge in [-0.1, -0.05) is 27.5 Å². The van der Waals surface area contributed by atoms with Crippen LogP contribution >= 0.6 is 27.5 Å². The van der Waals surface area contributed by atoms with Gasteiger partial charge in [0.25, 0.3) is 0 Å². The topological polar surface area (TPSA) is 53.6 Å². The number of aryl methyl sites for hydroxylation is 1. The van der Waals surface area contributed by atoms with E-state index in [0.29, 0.717) is 0 Å². The van der Waals surface area contributed by atoms with Crippen LogP contribution in [0.4, 0.5) is 0 Å². The van der Waals surface area contributed by atoms with Gasteiger partial charge in [-0.05, 0) is 36.7 Å². The lowest BCUT2D eigenvalue weighted by Gasteiger charge is -2.06. The van der Waals surface area contributed by atoms with Gasteiger partial charge in [0.05, 0.1) is 0 Å². The highest BCUT2D eigenvalue weighted by atomic mass is 79.9. The molecule has 0 unspecified atom stereocenters. The molecule has 1 aromatic heterocycles. The molecule has 96 valence electrons. The maximum absolute atomic E-state index is 6.11. The third-order valence-corrected chi connectivity index (χ3v) is 3.42. The third-order valence-electron chi connectivity index (χ3n) is 2.56. The molecule has 0 saturated carbocycles. The van der Waals surface area contributed by atoms with Gasteiger partial charge >= 0.3 is 0 Å². The average Bonchev–Trinajstić information content (AvgIpc) is 2.86. The first kappa shape index (κ1) is 13.5. The van der Waals surface area contributed by atoms with E-state index in [-0.39, 0.29) is 0 Å². The Morgan fingerprint density at radius 3 is 3.06 bits per heavy atom. The fourth-order valence-electron chi connectivity index (χ4n) is 1.63. The molecule has 0 aliphatic rings. The average molecular weight is 330 g/mol. The summed E-state index contributed by atoms with van der Waals surface area (Å²) in [6.07, 6.45) is 3.45. The van der Waals surface area contributed by atoms with Crippen molar-refractivity contribution < 1.29 is 0 Å². The Kier molecular flexibility index (Phi) is 5.16. The normalized spacial score (nSPS) is 10.8. The second-order valence-electron chi connectivity index (χ2n) is 3.95. The maximum atomic E-state index is 6.11. The summed E-state index contributed by atoms with van der Waals surface area (Å²) in [5, 5.41) is 10.8.